The molecule has 2 amide bonds. The van der Waals surface area contributed by atoms with Gasteiger partial charge in [0.15, 0.2) is 5.79 Å². The summed E-state index contributed by atoms with van der Waals surface area (Å²) >= 11 is 3.36. The third kappa shape index (κ3) is 3.55. The van der Waals surface area contributed by atoms with Crippen molar-refractivity contribution >= 4 is 33.4 Å². The minimum Gasteiger partial charge on any atom is -0.343 e. The number of para-hydroxylation sites is 1. The molecule has 2 aliphatic rings. The summed E-state index contributed by atoms with van der Waals surface area (Å²) in [5.41, 5.74) is 1.16. The number of nitro benzene ring substituents is 1. The highest BCUT2D eigenvalue weighted by Gasteiger charge is 2.41. The molecule has 0 aromatic heterocycles. The van der Waals surface area contributed by atoms with Crippen LogP contribution in [0.3, 0.4) is 0 Å². The van der Waals surface area contributed by atoms with E-state index in [9.17, 15) is 19.7 Å². The fourth-order valence-corrected chi connectivity index (χ4v) is 4.03. The summed E-state index contributed by atoms with van der Waals surface area (Å²) in [7, 11) is 0. The summed E-state index contributed by atoms with van der Waals surface area (Å²) in [6, 6.07) is 13.0. The lowest BCUT2D eigenvalue weighted by Gasteiger charge is -2.22. The van der Waals surface area contributed by atoms with Crippen molar-refractivity contribution in [2.24, 2.45) is 0 Å². The highest BCUT2D eigenvalue weighted by molar-refractivity contribution is 9.09. The third-order valence-corrected chi connectivity index (χ3v) is 5.81. The zero-order valence-corrected chi connectivity index (χ0v) is 17.3. The number of rotatable bonds is 6. The number of hydrogen-bond acceptors (Lipinski definition) is 6. The normalized spacial score (nSPS) is 23.4. The van der Waals surface area contributed by atoms with E-state index >= 15 is 0 Å². The lowest BCUT2D eigenvalue weighted by atomic mass is 10.1. The maximum atomic E-state index is 12.5. The summed E-state index contributed by atoms with van der Waals surface area (Å²) in [6.45, 7) is 0.192. The van der Waals surface area contributed by atoms with Gasteiger partial charge in [-0.1, -0.05) is 46.3 Å². The number of alkyl halides is 1. The SMILES string of the molecule is O=C1c2ccccc2C(=O)N1C/C=C/C1(CBr)OCC(c2ccccc2[N+](=O)[O-])O1. The van der Waals surface area contributed by atoms with Crippen molar-refractivity contribution in [2.45, 2.75) is 11.9 Å². The molecule has 154 valence electrons. The Kier molecular flexibility index (Phi) is 5.50. The van der Waals surface area contributed by atoms with Gasteiger partial charge < -0.3 is 9.47 Å². The molecule has 0 bridgehead atoms. The number of imide groups is 1. The molecular formula is C21H17BrN2O6. The van der Waals surface area contributed by atoms with Crippen molar-refractivity contribution in [3.63, 3.8) is 0 Å². The second kappa shape index (κ2) is 8.10. The molecule has 1 fully saturated rings. The second-order valence-electron chi connectivity index (χ2n) is 6.85. The standard InChI is InChI=1S/C21H17BrN2O6/c22-13-21(29-12-18(30-21)16-8-3-4-9-17(16)24(27)28)10-5-11-23-19(25)14-6-1-2-7-15(14)20(23)26/h1-10,18H,11-13H2/b10-5+. The number of nitrogens with zero attached hydrogens (tertiary/aromatic N) is 2. The molecular weight excluding hydrogens is 456 g/mol. The summed E-state index contributed by atoms with van der Waals surface area (Å²) in [5, 5.41) is 11.6. The fraction of sp³-hybridized carbons (Fsp3) is 0.238. The number of nitro groups is 1. The van der Waals surface area contributed by atoms with Gasteiger partial charge in [0.1, 0.15) is 6.10 Å². The van der Waals surface area contributed by atoms with Gasteiger partial charge in [0.25, 0.3) is 17.5 Å². The largest absolute Gasteiger partial charge is 0.343 e. The smallest absolute Gasteiger partial charge is 0.275 e. The van der Waals surface area contributed by atoms with Gasteiger partial charge in [0.05, 0.1) is 33.6 Å². The number of amides is 2. The van der Waals surface area contributed by atoms with E-state index in [4.69, 9.17) is 9.47 Å². The Morgan fingerprint density at radius 1 is 1.13 bits per heavy atom. The second-order valence-corrected chi connectivity index (χ2v) is 7.41. The molecule has 0 saturated carbocycles. The van der Waals surface area contributed by atoms with E-state index < -0.39 is 16.8 Å². The summed E-state index contributed by atoms with van der Waals surface area (Å²) in [6.07, 6.45) is 2.64. The Labute approximate surface area is 180 Å². The number of hydrogen-bond donors (Lipinski definition) is 0. The van der Waals surface area contributed by atoms with Crippen molar-refractivity contribution in [3.8, 4) is 0 Å². The average molecular weight is 473 g/mol. The van der Waals surface area contributed by atoms with Crippen LogP contribution in [0.4, 0.5) is 5.69 Å². The first-order chi connectivity index (χ1) is 14.5. The molecule has 8 nitrogen and oxygen atoms in total. The van der Waals surface area contributed by atoms with Crippen LogP contribution in [0.2, 0.25) is 0 Å². The van der Waals surface area contributed by atoms with E-state index in [1.54, 1.807) is 54.6 Å². The molecule has 2 atom stereocenters. The van der Waals surface area contributed by atoms with Gasteiger partial charge in [-0.3, -0.25) is 24.6 Å². The first-order valence-electron chi connectivity index (χ1n) is 9.20. The predicted molar refractivity (Wildman–Crippen MR) is 110 cm³/mol. The van der Waals surface area contributed by atoms with Crippen LogP contribution in [-0.2, 0) is 9.47 Å². The van der Waals surface area contributed by atoms with Crippen molar-refractivity contribution in [1.82, 2.24) is 4.90 Å². The molecule has 2 aliphatic heterocycles. The molecule has 0 aliphatic carbocycles. The highest BCUT2D eigenvalue weighted by atomic mass is 79.9. The average Bonchev–Trinajstić information content (AvgIpc) is 3.30. The van der Waals surface area contributed by atoms with E-state index in [1.807, 2.05) is 0 Å². The van der Waals surface area contributed by atoms with Crippen LogP contribution in [0, 0.1) is 10.1 Å². The molecule has 30 heavy (non-hydrogen) atoms. The van der Waals surface area contributed by atoms with E-state index in [1.165, 1.54) is 6.07 Å². The molecule has 2 aromatic carbocycles. The van der Waals surface area contributed by atoms with Crippen LogP contribution in [0.5, 0.6) is 0 Å². The van der Waals surface area contributed by atoms with Gasteiger partial charge in [0, 0.05) is 12.6 Å². The van der Waals surface area contributed by atoms with E-state index in [0.29, 0.717) is 16.7 Å². The Balaban J connectivity index is 1.48. The molecule has 0 radical (unpaired) electrons. The quantitative estimate of drug-likeness (QED) is 0.209. The van der Waals surface area contributed by atoms with Gasteiger partial charge >= 0.3 is 0 Å². The maximum absolute atomic E-state index is 12.5. The van der Waals surface area contributed by atoms with E-state index in [-0.39, 0.29) is 36.0 Å². The molecule has 1 saturated heterocycles. The lowest BCUT2D eigenvalue weighted by molar-refractivity contribution is -0.386. The number of carbonyl (C=O) groups excluding carboxylic acids is 2. The lowest BCUT2D eigenvalue weighted by Crippen LogP contribution is -2.32. The third-order valence-electron chi connectivity index (χ3n) is 5.03. The molecule has 2 aromatic rings. The van der Waals surface area contributed by atoms with Crippen LogP contribution in [0.25, 0.3) is 0 Å². The molecule has 2 unspecified atom stereocenters. The number of benzene rings is 2. The summed E-state index contributed by atoms with van der Waals surface area (Å²) in [5.74, 6) is -1.86. The van der Waals surface area contributed by atoms with E-state index in [0.717, 1.165) is 4.90 Å². The van der Waals surface area contributed by atoms with E-state index in [2.05, 4.69) is 15.9 Å². The van der Waals surface area contributed by atoms with Crippen molar-refractivity contribution in [2.75, 3.05) is 18.5 Å². The van der Waals surface area contributed by atoms with Crippen LogP contribution in [0.1, 0.15) is 32.4 Å². The van der Waals surface area contributed by atoms with Gasteiger partial charge in [-0.05, 0) is 24.3 Å². The summed E-state index contributed by atoms with van der Waals surface area (Å²) in [4.78, 5) is 36.9. The van der Waals surface area contributed by atoms with Crippen LogP contribution >= 0.6 is 15.9 Å². The monoisotopic (exact) mass is 472 g/mol. The predicted octanol–water partition coefficient (Wildman–Crippen LogP) is 3.63. The van der Waals surface area contributed by atoms with Crippen molar-refractivity contribution in [3.05, 3.63) is 87.5 Å². The topological polar surface area (TPSA) is 99.0 Å². The first kappa shape index (κ1) is 20.4. The highest BCUT2D eigenvalue weighted by Crippen LogP contribution is 2.39. The Morgan fingerprint density at radius 3 is 2.40 bits per heavy atom. The van der Waals surface area contributed by atoms with Gasteiger partial charge in [0.2, 0.25) is 0 Å². The van der Waals surface area contributed by atoms with Crippen LogP contribution < -0.4 is 0 Å². The number of carbonyl (C=O) groups is 2. The first-order valence-corrected chi connectivity index (χ1v) is 10.3. The Bertz CT molecular complexity index is 1020. The van der Waals surface area contributed by atoms with Crippen molar-refractivity contribution in [1.29, 1.82) is 0 Å². The molecule has 9 heteroatoms. The van der Waals surface area contributed by atoms with Gasteiger partial charge in [-0.25, -0.2) is 0 Å². The van der Waals surface area contributed by atoms with Gasteiger partial charge in [-0.2, -0.15) is 0 Å². The minimum absolute atomic E-state index is 0.0357. The molecule has 0 N–H and O–H groups in total. The van der Waals surface area contributed by atoms with Crippen LogP contribution in [-0.4, -0.2) is 45.9 Å². The Hall–Kier alpha value is -2.88. The maximum Gasteiger partial charge on any atom is 0.275 e. The minimum atomic E-state index is -1.16. The number of fused-ring (bicyclic) bond motifs is 1. The number of halogens is 1. The number of ether oxygens (including phenoxy) is 2. The molecule has 2 heterocycles. The van der Waals surface area contributed by atoms with Crippen LogP contribution in [0.15, 0.2) is 60.7 Å². The molecule has 0 spiro atoms. The van der Waals surface area contributed by atoms with Crippen molar-refractivity contribution < 1.29 is 24.0 Å². The zero-order chi connectivity index (χ0) is 21.3. The molecule has 4 rings (SSSR count). The van der Waals surface area contributed by atoms with Gasteiger partial charge in [-0.15, -0.1) is 0 Å². The fourth-order valence-electron chi connectivity index (χ4n) is 3.55. The summed E-state index contributed by atoms with van der Waals surface area (Å²) < 4.78 is 11.8. The zero-order valence-electron chi connectivity index (χ0n) is 15.7. The Morgan fingerprint density at radius 2 is 1.77 bits per heavy atom.